The first kappa shape index (κ1) is 16.4. The standard InChI is InChI=1S/C17H16FN3O2S/c1-19-12-13-11-17(24(22,23)14-7-3-2-4-8-14)21(20-13)16-10-6-5-9-15(16)18/h2-11,19H,12H2,1H3. The Bertz CT molecular complexity index is 953. The quantitative estimate of drug-likeness (QED) is 0.772. The normalized spacial score (nSPS) is 11.6. The summed E-state index contributed by atoms with van der Waals surface area (Å²) in [5, 5.41) is 7.11. The van der Waals surface area contributed by atoms with Crippen LogP contribution >= 0.6 is 0 Å². The van der Waals surface area contributed by atoms with Gasteiger partial charge in [-0.1, -0.05) is 30.3 Å². The fourth-order valence-corrected chi connectivity index (χ4v) is 3.80. The summed E-state index contributed by atoms with van der Waals surface area (Å²) in [4.78, 5) is 0.137. The summed E-state index contributed by atoms with van der Waals surface area (Å²) < 4.78 is 41.2. The third-order valence-corrected chi connectivity index (χ3v) is 5.23. The molecule has 0 bridgehead atoms. The summed E-state index contributed by atoms with van der Waals surface area (Å²) in [5.74, 6) is -0.541. The van der Waals surface area contributed by atoms with Gasteiger partial charge in [0.15, 0.2) is 5.03 Å². The largest absolute Gasteiger partial charge is 0.314 e. The minimum Gasteiger partial charge on any atom is -0.314 e. The minimum atomic E-state index is -3.83. The molecule has 0 amide bonds. The van der Waals surface area contributed by atoms with Crippen LogP contribution in [0.3, 0.4) is 0 Å². The predicted molar refractivity (Wildman–Crippen MR) is 88.2 cm³/mol. The molecular formula is C17H16FN3O2S. The number of sulfone groups is 1. The summed E-state index contributed by atoms with van der Waals surface area (Å²) in [6.07, 6.45) is 0. The van der Waals surface area contributed by atoms with Crippen LogP contribution in [0.1, 0.15) is 5.69 Å². The maximum absolute atomic E-state index is 14.2. The van der Waals surface area contributed by atoms with Gasteiger partial charge in [-0.2, -0.15) is 5.10 Å². The van der Waals surface area contributed by atoms with Crippen LogP contribution in [0.25, 0.3) is 5.69 Å². The second-order valence-electron chi connectivity index (χ2n) is 5.18. The fraction of sp³-hybridized carbons (Fsp3) is 0.118. The lowest BCUT2D eigenvalue weighted by molar-refractivity contribution is 0.575. The number of hydrogen-bond donors (Lipinski definition) is 1. The Labute approximate surface area is 139 Å². The van der Waals surface area contributed by atoms with Crippen molar-refractivity contribution >= 4 is 9.84 Å². The van der Waals surface area contributed by atoms with Gasteiger partial charge in [0, 0.05) is 12.6 Å². The van der Waals surface area contributed by atoms with Crippen LogP contribution in [0.15, 0.2) is 70.6 Å². The van der Waals surface area contributed by atoms with Gasteiger partial charge in [0.25, 0.3) is 0 Å². The van der Waals surface area contributed by atoms with Crippen molar-refractivity contribution in [3.8, 4) is 5.69 Å². The smallest absolute Gasteiger partial charge is 0.223 e. The molecule has 24 heavy (non-hydrogen) atoms. The molecule has 0 radical (unpaired) electrons. The molecule has 3 rings (SSSR count). The second kappa shape index (κ2) is 6.54. The zero-order valence-corrected chi connectivity index (χ0v) is 13.8. The SMILES string of the molecule is CNCc1cc(S(=O)(=O)c2ccccc2)n(-c2ccccc2F)n1. The molecule has 1 N–H and O–H groups in total. The van der Waals surface area contributed by atoms with Crippen molar-refractivity contribution in [3.63, 3.8) is 0 Å². The van der Waals surface area contributed by atoms with E-state index in [1.807, 2.05) is 0 Å². The number of nitrogens with zero attached hydrogens (tertiary/aromatic N) is 2. The number of halogens is 1. The maximum Gasteiger partial charge on any atom is 0.223 e. The summed E-state index contributed by atoms with van der Waals surface area (Å²) in [5.41, 5.74) is 0.601. The molecule has 1 aromatic heterocycles. The van der Waals surface area contributed by atoms with Crippen LogP contribution in [-0.2, 0) is 16.4 Å². The van der Waals surface area contributed by atoms with E-state index >= 15 is 0 Å². The minimum absolute atomic E-state index is 0.0657. The van der Waals surface area contributed by atoms with Crippen molar-refractivity contribution in [2.75, 3.05) is 7.05 Å². The van der Waals surface area contributed by atoms with E-state index < -0.39 is 15.7 Å². The lowest BCUT2D eigenvalue weighted by Gasteiger charge is -2.09. The molecule has 0 fully saturated rings. The highest BCUT2D eigenvalue weighted by molar-refractivity contribution is 7.91. The van der Waals surface area contributed by atoms with Gasteiger partial charge in [-0.05, 0) is 31.3 Å². The van der Waals surface area contributed by atoms with E-state index in [0.29, 0.717) is 12.2 Å². The predicted octanol–water partition coefficient (Wildman–Crippen LogP) is 2.56. The van der Waals surface area contributed by atoms with Crippen molar-refractivity contribution < 1.29 is 12.8 Å². The average molecular weight is 345 g/mol. The molecule has 1 heterocycles. The highest BCUT2D eigenvalue weighted by Gasteiger charge is 2.25. The van der Waals surface area contributed by atoms with Gasteiger partial charge in [-0.15, -0.1) is 0 Å². The number of rotatable bonds is 5. The lowest BCUT2D eigenvalue weighted by Crippen LogP contribution is -2.11. The monoisotopic (exact) mass is 345 g/mol. The molecule has 0 unspecified atom stereocenters. The van der Waals surface area contributed by atoms with Crippen molar-refractivity contribution in [2.45, 2.75) is 16.5 Å². The highest BCUT2D eigenvalue weighted by Crippen LogP contribution is 2.25. The molecule has 7 heteroatoms. The van der Waals surface area contributed by atoms with E-state index in [2.05, 4.69) is 10.4 Å². The molecule has 5 nitrogen and oxygen atoms in total. The number of benzene rings is 2. The van der Waals surface area contributed by atoms with E-state index in [0.717, 1.165) is 4.68 Å². The molecule has 0 saturated carbocycles. The van der Waals surface area contributed by atoms with Crippen LogP contribution in [0, 0.1) is 5.82 Å². The fourth-order valence-electron chi connectivity index (χ4n) is 2.39. The van der Waals surface area contributed by atoms with Gasteiger partial charge in [-0.25, -0.2) is 17.5 Å². The Hall–Kier alpha value is -2.51. The molecule has 0 atom stereocenters. The third kappa shape index (κ3) is 2.95. The van der Waals surface area contributed by atoms with Crippen molar-refractivity contribution in [2.24, 2.45) is 0 Å². The first-order valence-corrected chi connectivity index (χ1v) is 8.81. The van der Waals surface area contributed by atoms with E-state index in [4.69, 9.17) is 0 Å². The van der Waals surface area contributed by atoms with E-state index in [1.54, 1.807) is 37.4 Å². The Morgan fingerprint density at radius 2 is 1.75 bits per heavy atom. The van der Waals surface area contributed by atoms with Crippen LogP contribution in [0.5, 0.6) is 0 Å². The van der Waals surface area contributed by atoms with Crippen LogP contribution in [0.2, 0.25) is 0 Å². The summed E-state index contributed by atoms with van der Waals surface area (Å²) >= 11 is 0. The summed E-state index contributed by atoms with van der Waals surface area (Å²) in [6, 6.07) is 15.4. The lowest BCUT2D eigenvalue weighted by atomic mass is 10.3. The molecule has 0 aliphatic carbocycles. The van der Waals surface area contributed by atoms with Crippen LogP contribution < -0.4 is 5.32 Å². The average Bonchev–Trinajstić information content (AvgIpc) is 3.01. The molecule has 0 aliphatic heterocycles. The van der Waals surface area contributed by atoms with Gasteiger partial charge >= 0.3 is 0 Å². The number of hydrogen-bond acceptors (Lipinski definition) is 4. The molecule has 0 spiro atoms. The summed E-state index contributed by atoms with van der Waals surface area (Å²) in [6.45, 7) is 0.374. The Morgan fingerprint density at radius 3 is 2.42 bits per heavy atom. The Morgan fingerprint density at radius 1 is 1.08 bits per heavy atom. The van der Waals surface area contributed by atoms with Crippen molar-refractivity contribution in [3.05, 3.63) is 72.2 Å². The molecule has 124 valence electrons. The number of aromatic nitrogens is 2. The Balaban J connectivity index is 2.23. The topological polar surface area (TPSA) is 64.0 Å². The summed E-state index contributed by atoms with van der Waals surface area (Å²) in [7, 11) is -2.10. The van der Waals surface area contributed by atoms with Crippen molar-refractivity contribution in [1.29, 1.82) is 0 Å². The van der Waals surface area contributed by atoms with Crippen LogP contribution in [-0.4, -0.2) is 25.2 Å². The van der Waals surface area contributed by atoms with E-state index in [9.17, 15) is 12.8 Å². The van der Waals surface area contributed by atoms with E-state index in [1.165, 1.54) is 30.3 Å². The van der Waals surface area contributed by atoms with Gasteiger partial charge < -0.3 is 5.32 Å². The molecule has 0 aliphatic rings. The third-order valence-electron chi connectivity index (χ3n) is 3.49. The van der Waals surface area contributed by atoms with Gasteiger partial charge in [0.2, 0.25) is 9.84 Å². The molecular weight excluding hydrogens is 329 g/mol. The zero-order valence-electron chi connectivity index (χ0n) is 13.0. The molecule has 0 saturated heterocycles. The van der Waals surface area contributed by atoms with Gasteiger partial charge in [0.1, 0.15) is 11.5 Å². The first-order valence-electron chi connectivity index (χ1n) is 7.32. The Kier molecular flexibility index (Phi) is 4.46. The van der Waals surface area contributed by atoms with Gasteiger partial charge in [0.05, 0.1) is 10.6 Å². The van der Waals surface area contributed by atoms with E-state index in [-0.39, 0.29) is 15.6 Å². The highest BCUT2D eigenvalue weighted by atomic mass is 32.2. The maximum atomic E-state index is 14.2. The molecule has 2 aromatic carbocycles. The number of para-hydroxylation sites is 1. The zero-order chi connectivity index (χ0) is 17.2. The van der Waals surface area contributed by atoms with Crippen molar-refractivity contribution in [1.82, 2.24) is 15.1 Å². The van der Waals surface area contributed by atoms with Gasteiger partial charge in [-0.3, -0.25) is 0 Å². The second-order valence-corrected chi connectivity index (χ2v) is 7.08. The van der Waals surface area contributed by atoms with Crippen LogP contribution in [0.4, 0.5) is 4.39 Å². The first-order chi connectivity index (χ1) is 11.5. The number of nitrogens with one attached hydrogen (secondary N) is 1. The molecule has 3 aromatic rings.